The molecule has 0 fully saturated rings. The van der Waals surface area contributed by atoms with E-state index in [1.165, 1.54) is 6.20 Å². The molecule has 5 heteroatoms. The van der Waals surface area contributed by atoms with Crippen LogP contribution in [0.25, 0.3) is 11.3 Å². The van der Waals surface area contributed by atoms with Gasteiger partial charge in [0.25, 0.3) is 0 Å². The molecular formula is C20H19N3O2. The van der Waals surface area contributed by atoms with E-state index >= 15 is 0 Å². The third kappa shape index (κ3) is 3.17. The van der Waals surface area contributed by atoms with Crippen molar-refractivity contribution in [2.24, 2.45) is 5.10 Å². The van der Waals surface area contributed by atoms with Gasteiger partial charge in [-0.05, 0) is 49.8 Å². The van der Waals surface area contributed by atoms with Gasteiger partial charge in [0.1, 0.15) is 11.5 Å². The van der Waals surface area contributed by atoms with Gasteiger partial charge in [0, 0.05) is 23.5 Å². The molecule has 3 rings (SSSR count). The van der Waals surface area contributed by atoms with Crippen molar-refractivity contribution in [2.75, 3.05) is 0 Å². The van der Waals surface area contributed by atoms with Crippen LogP contribution in [0.4, 0.5) is 0 Å². The van der Waals surface area contributed by atoms with Crippen molar-refractivity contribution in [3.63, 3.8) is 0 Å². The Kier molecular flexibility index (Phi) is 4.39. The minimum atomic E-state index is 0.0967. The highest BCUT2D eigenvalue weighted by molar-refractivity contribution is 5.82. The predicted octanol–water partition coefficient (Wildman–Crippen LogP) is 4.06. The fourth-order valence-electron chi connectivity index (χ4n) is 2.71. The molecule has 2 heterocycles. The average molecular weight is 333 g/mol. The molecule has 1 aliphatic heterocycles. The molecule has 0 bridgehead atoms. The highest BCUT2D eigenvalue weighted by atomic mass is 16.3. The third-order valence-electron chi connectivity index (χ3n) is 4.06. The number of hydrogen-bond acceptors (Lipinski definition) is 5. The lowest BCUT2D eigenvalue weighted by Crippen LogP contribution is -2.17. The van der Waals surface area contributed by atoms with Crippen molar-refractivity contribution in [3.8, 4) is 11.5 Å². The van der Waals surface area contributed by atoms with Gasteiger partial charge in [0.05, 0.1) is 17.6 Å². The van der Waals surface area contributed by atoms with E-state index in [4.69, 9.17) is 0 Å². The second-order valence-electron chi connectivity index (χ2n) is 5.81. The molecule has 126 valence electrons. The predicted molar refractivity (Wildman–Crippen MR) is 99.8 cm³/mol. The first-order valence-electron chi connectivity index (χ1n) is 7.83. The van der Waals surface area contributed by atoms with Gasteiger partial charge in [-0.1, -0.05) is 18.2 Å². The van der Waals surface area contributed by atoms with Crippen LogP contribution in [0.2, 0.25) is 0 Å². The summed E-state index contributed by atoms with van der Waals surface area (Å²) in [6, 6.07) is 7.09. The molecule has 2 N–H and O–H groups in total. The number of hydrogen-bond donors (Lipinski definition) is 2. The Morgan fingerprint density at radius 3 is 2.68 bits per heavy atom. The number of benzene rings is 1. The largest absolute Gasteiger partial charge is 0.507 e. The van der Waals surface area contributed by atoms with E-state index < -0.39 is 0 Å². The summed E-state index contributed by atoms with van der Waals surface area (Å²) in [5, 5.41) is 26.3. The van der Waals surface area contributed by atoms with Crippen LogP contribution < -0.4 is 0 Å². The lowest BCUT2D eigenvalue weighted by molar-refractivity contribution is 0.466. The number of nitrogens with zero attached hydrogens (tertiary/aromatic N) is 3. The first-order chi connectivity index (χ1) is 12.0. The van der Waals surface area contributed by atoms with Crippen molar-refractivity contribution in [2.45, 2.75) is 13.8 Å². The van der Waals surface area contributed by atoms with Crippen LogP contribution in [0, 0.1) is 6.92 Å². The van der Waals surface area contributed by atoms with Crippen LogP contribution in [0.1, 0.15) is 23.6 Å². The van der Waals surface area contributed by atoms with Crippen molar-refractivity contribution in [1.82, 2.24) is 9.99 Å². The summed E-state index contributed by atoms with van der Waals surface area (Å²) in [4.78, 5) is 3.91. The zero-order valence-corrected chi connectivity index (χ0v) is 14.1. The van der Waals surface area contributed by atoms with Gasteiger partial charge in [-0.2, -0.15) is 5.10 Å². The van der Waals surface area contributed by atoms with Crippen LogP contribution in [-0.4, -0.2) is 26.4 Å². The lowest BCUT2D eigenvalue weighted by atomic mass is 10.0. The van der Waals surface area contributed by atoms with Crippen LogP contribution >= 0.6 is 0 Å². The minimum absolute atomic E-state index is 0.0967. The summed E-state index contributed by atoms with van der Waals surface area (Å²) in [7, 11) is 0. The number of phenols is 1. The van der Waals surface area contributed by atoms with Gasteiger partial charge < -0.3 is 10.2 Å². The highest BCUT2D eigenvalue weighted by Crippen LogP contribution is 2.35. The van der Waals surface area contributed by atoms with E-state index in [9.17, 15) is 10.2 Å². The van der Waals surface area contributed by atoms with Crippen molar-refractivity contribution in [1.29, 1.82) is 0 Å². The molecule has 0 radical (unpaired) electrons. The molecule has 0 atom stereocenters. The van der Waals surface area contributed by atoms with Crippen molar-refractivity contribution in [3.05, 3.63) is 77.8 Å². The van der Waals surface area contributed by atoms with E-state index in [1.54, 1.807) is 29.6 Å². The Labute approximate surface area is 146 Å². The quantitative estimate of drug-likeness (QED) is 0.889. The number of rotatable bonds is 3. The summed E-state index contributed by atoms with van der Waals surface area (Å²) in [6.45, 7) is 7.95. The molecule has 0 aliphatic carbocycles. The summed E-state index contributed by atoms with van der Waals surface area (Å²) in [6.07, 6.45) is 8.39. The van der Waals surface area contributed by atoms with E-state index in [0.717, 1.165) is 16.8 Å². The number of allylic oxidation sites excluding steroid dienone is 3. The molecule has 1 aromatic heterocycles. The van der Waals surface area contributed by atoms with E-state index in [2.05, 4.69) is 16.7 Å². The monoisotopic (exact) mass is 333 g/mol. The molecule has 0 saturated carbocycles. The number of aromatic hydroxyl groups is 2. The van der Waals surface area contributed by atoms with E-state index in [0.29, 0.717) is 16.8 Å². The molecule has 0 amide bonds. The maximum atomic E-state index is 10.2. The maximum Gasteiger partial charge on any atom is 0.141 e. The minimum Gasteiger partial charge on any atom is -0.507 e. The molecule has 0 unspecified atom stereocenters. The van der Waals surface area contributed by atoms with Gasteiger partial charge >= 0.3 is 0 Å². The van der Waals surface area contributed by atoms with Gasteiger partial charge in [-0.25, -0.2) is 5.01 Å². The maximum absolute atomic E-state index is 10.2. The summed E-state index contributed by atoms with van der Waals surface area (Å²) in [5.41, 5.74) is 4.41. The Hall–Kier alpha value is -3.34. The average Bonchev–Trinajstić information content (AvgIpc) is 2.63. The van der Waals surface area contributed by atoms with Gasteiger partial charge in [0.2, 0.25) is 0 Å². The van der Waals surface area contributed by atoms with Crippen molar-refractivity contribution < 1.29 is 10.2 Å². The first kappa shape index (κ1) is 16.5. The van der Waals surface area contributed by atoms with Crippen molar-refractivity contribution >= 4 is 17.5 Å². The van der Waals surface area contributed by atoms with E-state index in [1.807, 2.05) is 38.1 Å². The smallest absolute Gasteiger partial charge is 0.141 e. The van der Waals surface area contributed by atoms with E-state index in [-0.39, 0.29) is 11.5 Å². The Bertz CT molecular complexity index is 926. The van der Waals surface area contributed by atoms with Crippen LogP contribution in [0.15, 0.2) is 66.2 Å². The van der Waals surface area contributed by atoms with Crippen LogP contribution in [0.3, 0.4) is 0 Å². The zero-order valence-electron chi connectivity index (χ0n) is 14.1. The second kappa shape index (κ2) is 6.65. The Morgan fingerprint density at radius 2 is 1.92 bits per heavy atom. The molecular weight excluding hydrogens is 314 g/mol. The molecule has 1 aromatic carbocycles. The number of hydrazone groups is 1. The fourth-order valence-corrected chi connectivity index (χ4v) is 2.71. The number of phenolic OH excluding ortho intramolecular Hbond substituents is 1. The van der Waals surface area contributed by atoms with Gasteiger partial charge in [-0.15, -0.1) is 0 Å². The topological polar surface area (TPSA) is 69.0 Å². The summed E-state index contributed by atoms with van der Waals surface area (Å²) < 4.78 is 0. The number of aryl methyl sites for hydroxylation is 1. The van der Waals surface area contributed by atoms with Crippen LogP contribution in [-0.2, 0) is 0 Å². The molecule has 1 aliphatic rings. The lowest BCUT2D eigenvalue weighted by Gasteiger charge is -2.27. The molecule has 5 nitrogen and oxygen atoms in total. The number of pyridine rings is 1. The SMILES string of the molecule is C=C(c1cc(C)ccc1O)N1N=CC=C/C1=C(/C)c1ccncc1O. The Morgan fingerprint density at radius 1 is 1.12 bits per heavy atom. The van der Waals surface area contributed by atoms with Crippen LogP contribution in [0.5, 0.6) is 11.5 Å². The fraction of sp³-hybridized carbons (Fsp3) is 0.100. The van der Waals surface area contributed by atoms with Gasteiger partial charge in [-0.3, -0.25) is 4.98 Å². The third-order valence-corrected chi connectivity index (χ3v) is 4.06. The standard InChI is InChI=1S/C20H19N3O2/c1-13-6-7-19(24)17(11-13)15(3)23-18(5-4-9-22-23)14(2)16-8-10-21-12-20(16)25/h4-12,24-25H,3H2,1-2H3/b18-14+. The zero-order chi connectivity index (χ0) is 18.0. The molecule has 2 aromatic rings. The van der Waals surface area contributed by atoms with Gasteiger partial charge in [0.15, 0.2) is 0 Å². The summed E-state index contributed by atoms with van der Waals surface area (Å²) >= 11 is 0. The first-order valence-corrected chi connectivity index (χ1v) is 7.83. The molecule has 0 saturated heterocycles. The highest BCUT2D eigenvalue weighted by Gasteiger charge is 2.20. The second-order valence-corrected chi connectivity index (χ2v) is 5.81. The summed E-state index contributed by atoms with van der Waals surface area (Å²) in [5.74, 6) is 0.239. The number of aromatic nitrogens is 1. The molecule has 0 spiro atoms. The normalized spacial score (nSPS) is 15.4. The Balaban J connectivity index is 2.08. The molecule has 25 heavy (non-hydrogen) atoms.